The summed E-state index contributed by atoms with van der Waals surface area (Å²) in [7, 11) is 0. The first kappa shape index (κ1) is 15.4. The summed E-state index contributed by atoms with van der Waals surface area (Å²) in [4.78, 5) is 24.9. The molecule has 0 N–H and O–H groups in total. The third-order valence-electron chi connectivity index (χ3n) is 3.46. The Balaban J connectivity index is 1.90. The molecule has 4 nitrogen and oxygen atoms in total. The molecule has 114 valence electrons. The van der Waals surface area contributed by atoms with Crippen molar-refractivity contribution in [1.29, 1.82) is 0 Å². The number of hydrogen-bond donors (Lipinski definition) is 0. The minimum atomic E-state index is -0.422. The summed E-state index contributed by atoms with van der Waals surface area (Å²) in [5.74, 6) is -0.826. The van der Waals surface area contributed by atoms with Crippen molar-refractivity contribution in [3.63, 3.8) is 0 Å². The Morgan fingerprint density at radius 3 is 2.39 bits per heavy atom. The van der Waals surface area contributed by atoms with Crippen molar-refractivity contribution < 1.29 is 9.59 Å². The number of nitrogens with zero attached hydrogens (tertiary/aromatic N) is 2. The van der Waals surface area contributed by atoms with E-state index in [9.17, 15) is 9.59 Å². The average Bonchev–Trinajstić information content (AvgIpc) is 2.85. The van der Waals surface area contributed by atoms with Crippen molar-refractivity contribution in [2.45, 2.75) is 6.92 Å². The third-order valence-corrected chi connectivity index (χ3v) is 3.99. The van der Waals surface area contributed by atoms with Gasteiger partial charge in [0.15, 0.2) is 0 Å². The van der Waals surface area contributed by atoms with Gasteiger partial charge in [-0.2, -0.15) is 10.1 Å². The van der Waals surface area contributed by atoms with Gasteiger partial charge in [-0.05, 0) is 42.8 Å². The van der Waals surface area contributed by atoms with E-state index >= 15 is 0 Å². The van der Waals surface area contributed by atoms with Crippen LogP contribution in [0.4, 0.5) is 0 Å². The molecule has 0 atom stereocenters. The van der Waals surface area contributed by atoms with Crippen LogP contribution in [0.5, 0.6) is 0 Å². The van der Waals surface area contributed by atoms with E-state index in [1.165, 1.54) is 0 Å². The first-order chi connectivity index (χ1) is 11.1. The van der Waals surface area contributed by atoms with Gasteiger partial charge in [-0.3, -0.25) is 9.59 Å². The average molecular weight is 369 g/mol. The first-order valence-electron chi connectivity index (χ1n) is 7.03. The van der Waals surface area contributed by atoms with Crippen LogP contribution in [0.3, 0.4) is 0 Å². The van der Waals surface area contributed by atoms with E-state index in [4.69, 9.17) is 0 Å². The number of rotatable bonds is 2. The lowest BCUT2D eigenvalue weighted by atomic mass is 10.1. The lowest BCUT2D eigenvalue weighted by Crippen LogP contribution is -2.29. The summed E-state index contributed by atoms with van der Waals surface area (Å²) >= 11 is 3.37. The molecular formula is C18H13BrN2O2. The van der Waals surface area contributed by atoms with E-state index in [-0.39, 0.29) is 0 Å². The van der Waals surface area contributed by atoms with Gasteiger partial charge in [-0.15, -0.1) is 0 Å². The highest BCUT2D eigenvalue weighted by Crippen LogP contribution is 2.21. The molecule has 0 unspecified atom stereocenters. The zero-order valence-corrected chi connectivity index (χ0v) is 13.9. The van der Waals surface area contributed by atoms with Crippen LogP contribution >= 0.6 is 15.9 Å². The SMILES string of the molecule is CC1=NN(C(=O)c2ccccc2)C(=O)/C1=C/c1ccc(Br)cc1. The van der Waals surface area contributed by atoms with Crippen LogP contribution in [0.1, 0.15) is 22.8 Å². The molecule has 2 aromatic rings. The highest BCUT2D eigenvalue weighted by atomic mass is 79.9. The molecule has 2 aromatic carbocycles. The molecule has 0 aliphatic carbocycles. The normalized spacial score (nSPS) is 15.9. The molecule has 1 aliphatic rings. The highest BCUT2D eigenvalue weighted by molar-refractivity contribution is 9.10. The molecule has 1 aliphatic heterocycles. The number of benzene rings is 2. The Kier molecular flexibility index (Phi) is 4.21. The van der Waals surface area contributed by atoms with E-state index in [1.54, 1.807) is 37.3 Å². The number of imide groups is 1. The summed E-state index contributed by atoms with van der Waals surface area (Å²) in [6.07, 6.45) is 1.74. The van der Waals surface area contributed by atoms with Crippen LogP contribution in [-0.2, 0) is 4.79 Å². The van der Waals surface area contributed by atoms with Gasteiger partial charge in [0.2, 0.25) is 0 Å². The molecule has 2 amide bonds. The maximum atomic E-state index is 12.5. The van der Waals surface area contributed by atoms with E-state index in [0.29, 0.717) is 16.8 Å². The number of carbonyl (C=O) groups excluding carboxylic acids is 2. The van der Waals surface area contributed by atoms with Crippen LogP contribution in [0.2, 0.25) is 0 Å². The Hall–Kier alpha value is -2.53. The summed E-state index contributed by atoms with van der Waals surface area (Å²) in [6, 6.07) is 16.2. The van der Waals surface area contributed by atoms with Gasteiger partial charge >= 0.3 is 0 Å². The topological polar surface area (TPSA) is 49.7 Å². The van der Waals surface area contributed by atoms with Gasteiger partial charge in [-0.25, -0.2) is 0 Å². The quantitative estimate of drug-likeness (QED) is 0.596. The second-order valence-corrected chi connectivity index (χ2v) is 6.00. The van der Waals surface area contributed by atoms with Crippen LogP contribution in [0, 0.1) is 0 Å². The van der Waals surface area contributed by atoms with Gasteiger partial charge in [0.25, 0.3) is 11.8 Å². The fourth-order valence-corrected chi connectivity index (χ4v) is 2.51. The first-order valence-corrected chi connectivity index (χ1v) is 7.82. The number of hydrogen-bond acceptors (Lipinski definition) is 3. The fourth-order valence-electron chi connectivity index (χ4n) is 2.25. The molecule has 0 bridgehead atoms. The van der Waals surface area contributed by atoms with Crippen molar-refractivity contribution in [3.05, 3.63) is 75.8 Å². The molecule has 0 spiro atoms. The summed E-state index contributed by atoms with van der Waals surface area (Å²) < 4.78 is 0.962. The second kappa shape index (κ2) is 6.30. The molecule has 0 saturated carbocycles. The van der Waals surface area contributed by atoms with Crippen molar-refractivity contribution in [2.24, 2.45) is 5.10 Å². The molecule has 0 saturated heterocycles. The van der Waals surface area contributed by atoms with Gasteiger partial charge in [-0.1, -0.05) is 46.3 Å². The van der Waals surface area contributed by atoms with E-state index in [0.717, 1.165) is 15.0 Å². The molecule has 3 rings (SSSR count). The van der Waals surface area contributed by atoms with Gasteiger partial charge < -0.3 is 0 Å². The summed E-state index contributed by atoms with van der Waals surface area (Å²) in [5, 5.41) is 5.04. The molecule has 5 heteroatoms. The van der Waals surface area contributed by atoms with Crippen molar-refractivity contribution in [1.82, 2.24) is 5.01 Å². The van der Waals surface area contributed by atoms with Gasteiger partial charge in [0.05, 0.1) is 11.3 Å². The Morgan fingerprint density at radius 2 is 1.74 bits per heavy atom. The van der Waals surface area contributed by atoms with E-state index in [1.807, 2.05) is 30.3 Å². The zero-order chi connectivity index (χ0) is 16.4. The lowest BCUT2D eigenvalue weighted by Gasteiger charge is -2.09. The molecule has 0 fully saturated rings. The highest BCUT2D eigenvalue weighted by Gasteiger charge is 2.32. The second-order valence-electron chi connectivity index (χ2n) is 5.08. The number of halogens is 1. The number of carbonyl (C=O) groups is 2. The van der Waals surface area contributed by atoms with Crippen LogP contribution in [-0.4, -0.2) is 22.5 Å². The van der Waals surface area contributed by atoms with Crippen molar-refractivity contribution in [3.8, 4) is 0 Å². The summed E-state index contributed by atoms with van der Waals surface area (Å²) in [6.45, 7) is 1.72. The predicted octanol–water partition coefficient (Wildman–Crippen LogP) is 3.89. The lowest BCUT2D eigenvalue weighted by molar-refractivity contribution is -0.123. The van der Waals surface area contributed by atoms with Gasteiger partial charge in [0.1, 0.15) is 0 Å². The Bertz CT molecular complexity index is 824. The predicted molar refractivity (Wildman–Crippen MR) is 92.8 cm³/mol. The number of hydrazone groups is 1. The maximum absolute atomic E-state index is 12.5. The molecule has 0 radical (unpaired) electrons. The van der Waals surface area contributed by atoms with Crippen LogP contribution in [0.25, 0.3) is 6.08 Å². The van der Waals surface area contributed by atoms with Crippen LogP contribution in [0.15, 0.2) is 69.7 Å². The van der Waals surface area contributed by atoms with Crippen molar-refractivity contribution in [2.75, 3.05) is 0 Å². The fraction of sp³-hybridized carbons (Fsp3) is 0.0556. The molecule has 1 heterocycles. The molecule has 23 heavy (non-hydrogen) atoms. The Morgan fingerprint density at radius 1 is 1.09 bits per heavy atom. The Labute approximate surface area is 142 Å². The van der Waals surface area contributed by atoms with Gasteiger partial charge in [0, 0.05) is 10.0 Å². The van der Waals surface area contributed by atoms with E-state index < -0.39 is 11.8 Å². The minimum Gasteiger partial charge on any atom is -0.267 e. The zero-order valence-electron chi connectivity index (χ0n) is 12.4. The largest absolute Gasteiger partial charge is 0.283 e. The monoisotopic (exact) mass is 368 g/mol. The smallest absolute Gasteiger partial charge is 0.267 e. The minimum absolute atomic E-state index is 0.403. The van der Waals surface area contributed by atoms with Crippen LogP contribution < -0.4 is 0 Å². The molecular weight excluding hydrogens is 356 g/mol. The summed E-state index contributed by atoms with van der Waals surface area (Å²) in [5.41, 5.74) is 2.27. The van der Waals surface area contributed by atoms with E-state index in [2.05, 4.69) is 21.0 Å². The third kappa shape index (κ3) is 3.14. The molecule has 0 aromatic heterocycles. The standard InChI is InChI=1S/C18H13BrN2O2/c1-12-16(11-13-7-9-15(19)10-8-13)18(23)21(20-12)17(22)14-5-3-2-4-6-14/h2-11H,1H3/b16-11+. The maximum Gasteiger partial charge on any atom is 0.283 e. The van der Waals surface area contributed by atoms with Crippen molar-refractivity contribution >= 4 is 39.5 Å². The number of amides is 2.